The van der Waals surface area contributed by atoms with Crippen molar-refractivity contribution in [3.63, 3.8) is 0 Å². The molecule has 0 spiro atoms. The van der Waals surface area contributed by atoms with Gasteiger partial charge in [0.2, 0.25) is 5.91 Å². The molecule has 122 valence electrons. The molecule has 2 rings (SSSR count). The number of nitrogens with one attached hydrogen (secondary N) is 1. The Morgan fingerprint density at radius 2 is 1.83 bits per heavy atom. The molecule has 2 N–H and O–H groups in total. The number of aliphatic hydroxyl groups is 1. The number of rotatable bonds is 5. The van der Waals surface area contributed by atoms with Crippen molar-refractivity contribution in [2.75, 3.05) is 6.54 Å². The van der Waals surface area contributed by atoms with Crippen LogP contribution in [0.15, 0.2) is 36.4 Å². The van der Waals surface area contributed by atoms with Crippen LogP contribution in [-0.4, -0.2) is 17.6 Å². The van der Waals surface area contributed by atoms with E-state index in [9.17, 15) is 23.1 Å². The number of hydrogen-bond acceptors (Lipinski definition) is 2. The second kappa shape index (κ2) is 7.48. The predicted molar refractivity (Wildman–Crippen MR) is 79.4 cm³/mol. The van der Waals surface area contributed by atoms with Crippen LogP contribution >= 0.6 is 11.6 Å². The molecule has 0 saturated heterocycles. The highest BCUT2D eigenvalue weighted by Gasteiger charge is 2.12. The van der Waals surface area contributed by atoms with E-state index in [2.05, 4.69) is 5.32 Å². The van der Waals surface area contributed by atoms with Crippen molar-refractivity contribution < 1.29 is 23.1 Å². The molecule has 1 unspecified atom stereocenters. The van der Waals surface area contributed by atoms with E-state index in [1.165, 1.54) is 18.2 Å². The maximum atomic E-state index is 13.3. The monoisotopic (exact) mass is 343 g/mol. The lowest BCUT2D eigenvalue weighted by Crippen LogP contribution is -2.29. The first-order valence-corrected chi connectivity index (χ1v) is 7.08. The Kier molecular flexibility index (Phi) is 5.63. The van der Waals surface area contributed by atoms with Crippen LogP contribution in [0.4, 0.5) is 13.2 Å². The molecule has 23 heavy (non-hydrogen) atoms. The van der Waals surface area contributed by atoms with E-state index >= 15 is 0 Å². The average molecular weight is 344 g/mol. The molecule has 0 aliphatic heterocycles. The first kappa shape index (κ1) is 17.3. The summed E-state index contributed by atoms with van der Waals surface area (Å²) in [4.78, 5) is 11.7. The van der Waals surface area contributed by atoms with Crippen molar-refractivity contribution in [2.45, 2.75) is 12.5 Å². The molecule has 3 nitrogen and oxygen atoms in total. The third kappa shape index (κ3) is 4.71. The fourth-order valence-electron chi connectivity index (χ4n) is 1.95. The molecule has 1 amide bonds. The molecule has 0 fully saturated rings. The molecule has 0 bridgehead atoms. The number of hydrogen-bond donors (Lipinski definition) is 2. The minimum atomic E-state index is -1.12. The van der Waals surface area contributed by atoms with Crippen LogP contribution in [0.25, 0.3) is 0 Å². The van der Waals surface area contributed by atoms with Crippen LogP contribution in [0.2, 0.25) is 5.02 Å². The molecule has 0 saturated carbocycles. The van der Waals surface area contributed by atoms with Gasteiger partial charge in [-0.1, -0.05) is 23.7 Å². The van der Waals surface area contributed by atoms with Crippen LogP contribution in [-0.2, 0) is 11.2 Å². The number of aliphatic hydroxyl groups excluding tert-OH is 1. The van der Waals surface area contributed by atoms with Crippen molar-refractivity contribution in [3.8, 4) is 0 Å². The molecule has 7 heteroatoms. The summed E-state index contributed by atoms with van der Waals surface area (Å²) in [5, 5.41) is 12.3. The summed E-state index contributed by atoms with van der Waals surface area (Å²) in [6.45, 7) is -0.149. The fourth-order valence-corrected chi connectivity index (χ4v) is 2.06. The average Bonchev–Trinajstić information content (AvgIpc) is 2.51. The zero-order valence-electron chi connectivity index (χ0n) is 11.8. The van der Waals surface area contributed by atoms with E-state index in [4.69, 9.17) is 11.6 Å². The van der Waals surface area contributed by atoms with Crippen LogP contribution in [0.3, 0.4) is 0 Å². The maximum Gasteiger partial charge on any atom is 0.224 e. The van der Waals surface area contributed by atoms with E-state index in [0.29, 0.717) is 5.56 Å². The van der Waals surface area contributed by atoms with Gasteiger partial charge in [0.25, 0.3) is 0 Å². The summed E-state index contributed by atoms with van der Waals surface area (Å²) >= 11 is 5.54. The summed E-state index contributed by atoms with van der Waals surface area (Å²) < 4.78 is 39.1. The smallest absolute Gasteiger partial charge is 0.224 e. The van der Waals surface area contributed by atoms with Crippen molar-refractivity contribution in [1.82, 2.24) is 5.32 Å². The van der Waals surface area contributed by atoms with E-state index < -0.39 is 29.5 Å². The molecule has 0 aromatic heterocycles. The fraction of sp³-hybridized carbons (Fsp3) is 0.188. The van der Waals surface area contributed by atoms with Gasteiger partial charge in [0.1, 0.15) is 5.82 Å². The molecule has 0 aliphatic carbocycles. The zero-order chi connectivity index (χ0) is 17.0. The Labute approximate surface area is 135 Å². The van der Waals surface area contributed by atoms with Gasteiger partial charge >= 0.3 is 0 Å². The third-order valence-corrected chi connectivity index (χ3v) is 3.48. The molecule has 0 radical (unpaired) electrons. The number of carbonyl (C=O) groups excluding carboxylic acids is 1. The molecular formula is C16H13ClF3NO2. The van der Waals surface area contributed by atoms with Crippen molar-refractivity contribution in [1.29, 1.82) is 0 Å². The predicted octanol–water partition coefficient (Wildman–Crippen LogP) is 3.15. The lowest BCUT2D eigenvalue weighted by molar-refractivity contribution is -0.120. The van der Waals surface area contributed by atoms with Gasteiger partial charge in [0.05, 0.1) is 17.5 Å². The molecule has 0 heterocycles. The summed E-state index contributed by atoms with van der Waals surface area (Å²) in [7, 11) is 0. The Morgan fingerprint density at radius 3 is 2.48 bits per heavy atom. The summed E-state index contributed by atoms with van der Waals surface area (Å²) in [5.74, 6) is -3.18. The van der Waals surface area contributed by atoms with Crippen molar-refractivity contribution in [3.05, 3.63) is 70.0 Å². The maximum absolute atomic E-state index is 13.3. The highest BCUT2D eigenvalue weighted by molar-refractivity contribution is 6.30. The normalized spacial score (nSPS) is 12.0. The van der Waals surface area contributed by atoms with E-state index in [1.807, 2.05) is 0 Å². The van der Waals surface area contributed by atoms with E-state index in [0.717, 1.165) is 18.2 Å². The summed E-state index contributed by atoms with van der Waals surface area (Å²) in [6.07, 6.45) is -1.28. The highest BCUT2D eigenvalue weighted by atomic mass is 35.5. The first-order chi connectivity index (χ1) is 10.9. The second-order valence-corrected chi connectivity index (χ2v) is 5.33. The second-order valence-electron chi connectivity index (χ2n) is 4.92. The largest absolute Gasteiger partial charge is 0.387 e. The van der Waals surface area contributed by atoms with Gasteiger partial charge in [-0.15, -0.1) is 0 Å². The van der Waals surface area contributed by atoms with Crippen LogP contribution in [0.1, 0.15) is 17.2 Å². The number of carbonyl (C=O) groups is 1. The summed E-state index contributed by atoms with van der Waals surface area (Å²) in [6, 6.07) is 6.98. The molecular weight excluding hydrogens is 331 g/mol. The Hall–Kier alpha value is -2.05. The Bertz CT molecular complexity index is 724. The van der Waals surface area contributed by atoms with Gasteiger partial charge in [-0.05, 0) is 35.4 Å². The molecule has 1 atom stereocenters. The Balaban J connectivity index is 1.90. The number of amides is 1. The Morgan fingerprint density at radius 1 is 1.09 bits per heavy atom. The minimum Gasteiger partial charge on any atom is -0.387 e. The topological polar surface area (TPSA) is 49.3 Å². The third-order valence-electron chi connectivity index (χ3n) is 3.17. The van der Waals surface area contributed by atoms with Gasteiger partial charge in [-0.3, -0.25) is 4.79 Å². The van der Waals surface area contributed by atoms with Crippen molar-refractivity contribution >= 4 is 17.5 Å². The van der Waals surface area contributed by atoms with Gasteiger partial charge in [-0.2, -0.15) is 0 Å². The zero-order valence-corrected chi connectivity index (χ0v) is 12.6. The molecule has 0 aliphatic rings. The minimum absolute atomic E-state index is 0.0664. The summed E-state index contributed by atoms with van der Waals surface area (Å²) in [5.41, 5.74) is 0.563. The standard InChI is InChI=1S/C16H13ClF3NO2/c17-11-3-2-10(7-13(11)19)15(22)8-21-16(23)6-9-1-4-12(18)14(20)5-9/h1-5,7,15,22H,6,8H2,(H,21,23). The van der Waals surface area contributed by atoms with Crippen LogP contribution in [0, 0.1) is 17.5 Å². The van der Waals surface area contributed by atoms with Crippen molar-refractivity contribution in [2.24, 2.45) is 0 Å². The lowest BCUT2D eigenvalue weighted by atomic mass is 10.1. The quantitative estimate of drug-likeness (QED) is 0.876. The van der Waals surface area contributed by atoms with Crippen LogP contribution in [0.5, 0.6) is 0 Å². The highest BCUT2D eigenvalue weighted by Crippen LogP contribution is 2.20. The van der Waals surface area contributed by atoms with Gasteiger partial charge < -0.3 is 10.4 Å². The lowest BCUT2D eigenvalue weighted by Gasteiger charge is -2.13. The number of halogens is 4. The van der Waals surface area contributed by atoms with Gasteiger partial charge in [-0.25, -0.2) is 13.2 Å². The molecule has 2 aromatic carbocycles. The number of benzene rings is 2. The van der Waals surface area contributed by atoms with Gasteiger partial charge in [0.15, 0.2) is 11.6 Å². The molecule has 2 aromatic rings. The van der Waals surface area contributed by atoms with E-state index in [1.54, 1.807) is 0 Å². The van der Waals surface area contributed by atoms with Gasteiger partial charge in [0, 0.05) is 6.54 Å². The van der Waals surface area contributed by atoms with E-state index in [-0.39, 0.29) is 23.6 Å². The first-order valence-electron chi connectivity index (χ1n) is 6.70. The van der Waals surface area contributed by atoms with Crippen LogP contribution < -0.4 is 5.32 Å². The SMILES string of the molecule is O=C(Cc1ccc(F)c(F)c1)NCC(O)c1ccc(Cl)c(F)c1.